The normalized spacial score (nSPS) is 17.4. The van der Waals surface area contributed by atoms with Crippen LogP contribution in [0.15, 0.2) is 36.0 Å². The van der Waals surface area contributed by atoms with Crippen LogP contribution >= 0.6 is 11.3 Å². The number of carbonyl (C=O) groups is 1. The zero-order chi connectivity index (χ0) is 16.5. The Bertz CT molecular complexity index is 844. The zero-order valence-corrected chi connectivity index (χ0v) is 14.1. The monoisotopic (exact) mass is 339 g/mol. The molecule has 1 amide bonds. The summed E-state index contributed by atoms with van der Waals surface area (Å²) in [6.45, 7) is 3.35. The first-order valence-corrected chi connectivity index (χ1v) is 8.77. The van der Waals surface area contributed by atoms with Crippen molar-refractivity contribution in [2.45, 2.75) is 19.3 Å². The van der Waals surface area contributed by atoms with Gasteiger partial charge in [0.1, 0.15) is 11.5 Å². The van der Waals surface area contributed by atoms with Crippen molar-refractivity contribution in [2.75, 3.05) is 13.1 Å². The molecule has 1 atom stereocenters. The van der Waals surface area contributed by atoms with Gasteiger partial charge in [0.05, 0.1) is 4.88 Å². The average molecular weight is 339 g/mol. The Balaban J connectivity index is 1.56. The maximum Gasteiger partial charge on any atom is 0.263 e. The molecule has 4 rings (SSSR count). The second kappa shape index (κ2) is 6.16. The molecule has 1 aliphatic heterocycles. The van der Waals surface area contributed by atoms with Crippen molar-refractivity contribution in [3.8, 4) is 11.5 Å². The first kappa shape index (κ1) is 15.0. The fourth-order valence-corrected chi connectivity index (χ4v) is 3.76. The lowest BCUT2D eigenvalue weighted by Gasteiger charge is -2.15. The SMILES string of the molecule is Cc1nc(-c2ncc[nH]2)cc([C@H]2CCN(C(=O)c3cccs3)C2)n1. The molecule has 7 heteroatoms. The number of hydrogen-bond acceptors (Lipinski definition) is 5. The summed E-state index contributed by atoms with van der Waals surface area (Å²) in [6.07, 6.45) is 4.41. The van der Waals surface area contributed by atoms with Gasteiger partial charge in [0, 0.05) is 37.1 Å². The molecule has 1 fully saturated rings. The van der Waals surface area contributed by atoms with E-state index in [4.69, 9.17) is 0 Å². The molecule has 0 unspecified atom stereocenters. The Morgan fingerprint density at radius 2 is 2.33 bits per heavy atom. The van der Waals surface area contributed by atoms with Crippen LogP contribution in [0.25, 0.3) is 11.5 Å². The molecule has 1 saturated heterocycles. The molecule has 0 spiro atoms. The third-order valence-corrected chi connectivity index (χ3v) is 5.08. The van der Waals surface area contributed by atoms with E-state index in [1.807, 2.05) is 35.4 Å². The zero-order valence-electron chi connectivity index (χ0n) is 13.3. The second-order valence-electron chi connectivity index (χ2n) is 5.88. The Hall–Kier alpha value is -2.54. The first-order valence-electron chi connectivity index (χ1n) is 7.89. The molecular weight excluding hydrogens is 322 g/mol. The van der Waals surface area contributed by atoms with Gasteiger partial charge in [-0.15, -0.1) is 11.3 Å². The molecule has 4 heterocycles. The molecule has 6 nitrogen and oxygen atoms in total. The summed E-state index contributed by atoms with van der Waals surface area (Å²) in [5.74, 6) is 1.82. The Labute approximate surface area is 143 Å². The number of imidazole rings is 1. The van der Waals surface area contributed by atoms with Gasteiger partial charge in [0.15, 0.2) is 5.82 Å². The number of hydrogen-bond donors (Lipinski definition) is 1. The van der Waals surface area contributed by atoms with E-state index < -0.39 is 0 Å². The third kappa shape index (κ3) is 2.82. The fourth-order valence-electron chi connectivity index (χ4n) is 3.07. The maximum atomic E-state index is 12.5. The van der Waals surface area contributed by atoms with Crippen LogP contribution in [-0.2, 0) is 0 Å². The molecule has 0 radical (unpaired) electrons. The van der Waals surface area contributed by atoms with Gasteiger partial charge in [0.25, 0.3) is 5.91 Å². The average Bonchev–Trinajstić information content (AvgIpc) is 3.36. The molecule has 0 aromatic carbocycles. The van der Waals surface area contributed by atoms with Gasteiger partial charge in [-0.05, 0) is 30.9 Å². The van der Waals surface area contributed by atoms with E-state index in [1.54, 1.807) is 12.4 Å². The summed E-state index contributed by atoms with van der Waals surface area (Å²) in [7, 11) is 0. The molecule has 1 aliphatic rings. The number of likely N-dealkylation sites (tertiary alicyclic amines) is 1. The largest absolute Gasteiger partial charge is 0.343 e. The highest BCUT2D eigenvalue weighted by Gasteiger charge is 2.29. The van der Waals surface area contributed by atoms with E-state index in [0.29, 0.717) is 6.54 Å². The summed E-state index contributed by atoms with van der Waals surface area (Å²) in [5, 5.41) is 1.93. The highest BCUT2D eigenvalue weighted by atomic mass is 32.1. The van der Waals surface area contributed by atoms with Crippen molar-refractivity contribution in [3.05, 3.63) is 52.4 Å². The minimum atomic E-state index is 0.115. The minimum Gasteiger partial charge on any atom is -0.343 e. The van der Waals surface area contributed by atoms with E-state index in [-0.39, 0.29) is 11.8 Å². The number of aromatic amines is 1. The van der Waals surface area contributed by atoms with Crippen molar-refractivity contribution in [1.29, 1.82) is 0 Å². The summed E-state index contributed by atoms with van der Waals surface area (Å²) in [6, 6.07) is 5.77. The molecule has 0 bridgehead atoms. The minimum absolute atomic E-state index is 0.115. The topological polar surface area (TPSA) is 74.8 Å². The van der Waals surface area contributed by atoms with Crippen molar-refractivity contribution in [3.63, 3.8) is 0 Å². The van der Waals surface area contributed by atoms with Gasteiger partial charge in [0.2, 0.25) is 0 Å². The summed E-state index contributed by atoms with van der Waals surface area (Å²) < 4.78 is 0. The molecule has 3 aromatic rings. The van der Waals surface area contributed by atoms with Crippen LogP contribution in [0.2, 0.25) is 0 Å². The number of aryl methyl sites for hydroxylation is 1. The number of carbonyl (C=O) groups excluding carboxylic acids is 1. The molecule has 24 heavy (non-hydrogen) atoms. The van der Waals surface area contributed by atoms with Crippen LogP contribution in [0.3, 0.4) is 0 Å². The number of nitrogens with zero attached hydrogens (tertiary/aromatic N) is 4. The van der Waals surface area contributed by atoms with Crippen LogP contribution in [0.5, 0.6) is 0 Å². The molecule has 3 aromatic heterocycles. The van der Waals surface area contributed by atoms with Gasteiger partial charge < -0.3 is 9.88 Å². The van der Waals surface area contributed by atoms with E-state index >= 15 is 0 Å². The van der Waals surface area contributed by atoms with Gasteiger partial charge in [-0.3, -0.25) is 4.79 Å². The summed E-state index contributed by atoms with van der Waals surface area (Å²) in [5.41, 5.74) is 1.78. The molecule has 1 N–H and O–H groups in total. The number of aromatic nitrogens is 4. The standard InChI is InChI=1S/C17H17N5OS/c1-11-20-13(9-14(21-11)16-18-5-6-19-16)12-4-7-22(10-12)17(23)15-3-2-8-24-15/h2-3,5-6,8-9,12H,4,7,10H2,1H3,(H,18,19)/t12-/m0/s1. The van der Waals surface area contributed by atoms with Gasteiger partial charge >= 0.3 is 0 Å². The Kier molecular flexibility index (Phi) is 3.86. The number of H-pyrrole nitrogens is 1. The van der Waals surface area contributed by atoms with Gasteiger partial charge in [-0.25, -0.2) is 15.0 Å². The van der Waals surface area contributed by atoms with Crippen molar-refractivity contribution in [2.24, 2.45) is 0 Å². The lowest BCUT2D eigenvalue weighted by molar-refractivity contribution is 0.0795. The molecule has 122 valence electrons. The molecule has 0 aliphatic carbocycles. The van der Waals surface area contributed by atoms with Crippen molar-refractivity contribution in [1.82, 2.24) is 24.8 Å². The van der Waals surface area contributed by atoms with E-state index in [1.165, 1.54) is 11.3 Å². The lowest BCUT2D eigenvalue weighted by atomic mass is 10.0. The fraction of sp³-hybridized carbons (Fsp3) is 0.294. The smallest absolute Gasteiger partial charge is 0.263 e. The van der Waals surface area contributed by atoms with Gasteiger partial charge in [-0.1, -0.05) is 6.07 Å². The van der Waals surface area contributed by atoms with Crippen LogP contribution < -0.4 is 0 Å². The quantitative estimate of drug-likeness (QED) is 0.796. The van der Waals surface area contributed by atoms with E-state index in [9.17, 15) is 4.79 Å². The number of nitrogens with one attached hydrogen (secondary N) is 1. The van der Waals surface area contributed by atoms with Crippen LogP contribution in [0.1, 0.15) is 33.5 Å². The number of amides is 1. The summed E-state index contributed by atoms with van der Waals surface area (Å²) >= 11 is 1.49. The number of thiophene rings is 1. The highest BCUT2D eigenvalue weighted by Crippen LogP contribution is 2.29. The Morgan fingerprint density at radius 3 is 3.08 bits per heavy atom. The number of rotatable bonds is 3. The third-order valence-electron chi connectivity index (χ3n) is 4.22. The first-order chi connectivity index (χ1) is 11.7. The molecule has 0 saturated carbocycles. The van der Waals surface area contributed by atoms with Gasteiger partial charge in [-0.2, -0.15) is 0 Å². The molecular formula is C17H17N5OS. The van der Waals surface area contributed by atoms with E-state index in [2.05, 4.69) is 19.9 Å². The van der Waals surface area contributed by atoms with E-state index in [0.717, 1.165) is 40.9 Å². The van der Waals surface area contributed by atoms with Crippen LogP contribution in [0.4, 0.5) is 0 Å². The van der Waals surface area contributed by atoms with Crippen molar-refractivity contribution < 1.29 is 4.79 Å². The second-order valence-corrected chi connectivity index (χ2v) is 6.82. The predicted octanol–water partition coefficient (Wildman–Crippen LogP) is 2.87. The van der Waals surface area contributed by atoms with Crippen molar-refractivity contribution >= 4 is 17.2 Å². The predicted molar refractivity (Wildman–Crippen MR) is 91.9 cm³/mol. The highest BCUT2D eigenvalue weighted by molar-refractivity contribution is 7.12. The lowest BCUT2D eigenvalue weighted by Crippen LogP contribution is -2.27. The van der Waals surface area contributed by atoms with Crippen LogP contribution in [0, 0.1) is 6.92 Å². The maximum absolute atomic E-state index is 12.5. The van der Waals surface area contributed by atoms with Crippen LogP contribution in [-0.4, -0.2) is 43.8 Å². The summed E-state index contributed by atoms with van der Waals surface area (Å²) in [4.78, 5) is 31.6. The Morgan fingerprint density at radius 1 is 1.42 bits per heavy atom.